The van der Waals surface area contributed by atoms with Gasteiger partial charge >= 0.3 is 0 Å². The van der Waals surface area contributed by atoms with Crippen molar-refractivity contribution in [1.82, 2.24) is 0 Å². The highest BCUT2D eigenvalue weighted by Crippen LogP contribution is 2.34. The summed E-state index contributed by atoms with van der Waals surface area (Å²) in [5, 5.41) is 0. The van der Waals surface area contributed by atoms with Crippen LogP contribution in [0, 0.1) is 3.57 Å². The van der Waals surface area contributed by atoms with Crippen LogP contribution in [-0.2, 0) is 10.8 Å². The van der Waals surface area contributed by atoms with Crippen LogP contribution in [0.1, 0.15) is 52.7 Å². The van der Waals surface area contributed by atoms with Gasteiger partial charge in [-0.1, -0.05) is 71.9 Å². The normalized spacial score (nSPS) is 12.5. The van der Waals surface area contributed by atoms with E-state index in [9.17, 15) is 0 Å². The molecule has 0 aliphatic rings. The number of hydrogen-bond acceptors (Lipinski definition) is 0. The molecule has 0 saturated carbocycles. The Labute approximate surface area is 143 Å². The number of halogens is 1. The smallest absolute Gasteiger partial charge is 0.0136 e. The lowest BCUT2D eigenvalue weighted by Crippen LogP contribution is -2.16. The molecule has 21 heavy (non-hydrogen) atoms. The molecule has 0 aliphatic carbocycles. The summed E-state index contributed by atoms with van der Waals surface area (Å²) >= 11 is 2.38. The Kier molecular flexibility index (Phi) is 4.53. The van der Waals surface area contributed by atoms with Crippen LogP contribution in [0.15, 0.2) is 42.5 Å². The maximum Gasteiger partial charge on any atom is 0.0136 e. The van der Waals surface area contributed by atoms with Gasteiger partial charge in [-0.15, -0.1) is 0 Å². The fourth-order valence-corrected chi connectivity index (χ4v) is 2.87. The Morgan fingerprint density at radius 1 is 0.667 bits per heavy atom. The third-order valence-electron chi connectivity index (χ3n) is 3.82. The first-order valence-electron chi connectivity index (χ1n) is 7.49. The van der Waals surface area contributed by atoms with Gasteiger partial charge in [0.2, 0.25) is 0 Å². The number of benzene rings is 2. The molecular weight excluding hydrogens is 367 g/mol. The van der Waals surface area contributed by atoms with Gasteiger partial charge in [-0.25, -0.2) is 0 Å². The van der Waals surface area contributed by atoms with Crippen molar-refractivity contribution in [2.45, 2.75) is 52.4 Å². The van der Waals surface area contributed by atoms with E-state index in [2.05, 4.69) is 107 Å². The van der Waals surface area contributed by atoms with Gasteiger partial charge < -0.3 is 0 Å². The second-order valence-corrected chi connectivity index (χ2v) is 9.06. The average Bonchev–Trinajstić information content (AvgIpc) is 2.36. The highest BCUT2D eigenvalue weighted by Gasteiger charge is 2.20. The molecule has 0 heterocycles. The molecule has 0 radical (unpaired) electrons. The molecular formula is C20H25I. The molecule has 2 aromatic rings. The Hall–Kier alpha value is -0.830. The lowest BCUT2D eigenvalue weighted by atomic mass is 9.79. The minimum Gasteiger partial charge on any atom is -0.0606 e. The van der Waals surface area contributed by atoms with Crippen LogP contribution >= 0.6 is 22.6 Å². The van der Waals surface area contributed by atoms with Gasteiger partial charge in [0.15, 0.2) is 0 Å². The molecule has 2 rings (SSSR count). The summed E-state index contributed by atoms with van der Waals surface area (Å²) in [6.45, 7) is 13.7. The molecule has 0 bridgehead atoms. The topological polar surface area (TPSA) is 0 Å². The number of rotatable bonds is 1. The summed E-state index contributed by atoms with van der Waals surface area (Å²) in [6, 6.07) is 15.8. The minimum absolute atomic E-state index is 0.165. The Morgan fingerprint density at radius 2 is 1.19 bits per heavy atom. The predicted molar refractivity (Wildman–Crippen MR) is 102 cm³/mol. The standard InChI is InChI=1S/C20H25I/c1-19(2,3)16-10-15(11-17(13-16)20(4,5)6)14-8-7-9-18(21)12-14/h7-13H,1-6H3. The van der Waals surface area contributed by atoms with Gasteiger partial charge in [-0.05, 0) is 67.8 Å². The van der Waals surface area contributed by atoms with Crippen molar-refractivity contribution in [3.8, 4) is 11.1 Å². The van der Waals surface area contributed by atoms with E-state index in [-0.39, 0.29) is 10.8 Å². The summed E-state index contributed by atoms with van der Waals surface area (Å²) in [5.74, 6) is 0. The third kappa shape index (κ3) is 4.09. The Bertz CT molecular complexity index is 607. The quantitative estimate of drug-likeness (QED) is 0.483. The van der Waals surface area contributed by atoms with Gasteiger partial charge in [-0.3, -0.25) is 0 Å². The molecule has 112 valence electrons. The van der Waals surface area contributed by atoms with Crippen molar-refractivity contribution in [2.24, 2.45) is 0 Å². The molecule has 0 nitrogen and oxygen atoms in total. The molecule has 0 fully saturated rings. The zero-order chi connectivity index (χ0) is 15.8. The Balaban J connectivity index is 2.66. The van der Waals surface area contributed by atoms with E-state index in [1.54, 1.807) is 0 Å². The van der Waals surface area contributed by atoms with Gasteiger partial charge in [0, 0.05) is 3.57 Å². The van der Waals surface area contributed by atoms with Crippen LogP contribution in [-0.4, -0.2) is 0 Å². The van der Waals surface area contributed by atoms with Crippen molar-refractivity contribution in [3.63, 3.8) is 0 Å². The zero-order valence-corrected chi connectivity index (χ0v) is 16.1. The summed E-state index contributed by atoms with van der Waals surface area (Å²) in [7, 11) is 0. The lowest BCUT2D eigenvalue weighted by Gasteiger charge is -2.26. The monoisotopic (exact) mass is 392 g/mol. The highest BCUT2D eigenvalue weighted by atomic mass is 127. The molecule has 0 amide bonds. The van der Waals surface area contributed by atoms with Gasteiger partial charge in [-0.2, -0.15) is 0 Å². The predicted octanol–water partition coefficient (Wildman–Crippen LogP) is 6.55. The SMILES string of the molecule is CC(C)(C)c1cc(-c2cccc(I)c2)cc(C(C)(C)C)c1. The first kappa shape index (κ1) is 16.5. The molecule has 0 saturated heterocycles. The highest BCUT2D eigenvalue weighted by molar-refractivity contribution is 14.1. The van der Waals surface area contributed by atoms with Crippen LogP contribution in [0.25, 0.3) is 11.1 Å². The van der Waals surface area contributed by atoms with Crippen LogP contribution < -0.4 is 0 Å². The van der Waals surface area contributed by atoms with Gasteiger partial charge in [0.05, 0.1) is 0 Å². The fraction of sp³-hybridized carbons (Fsp3) is 0.400. The maximum atomic E-state index is 2.38. The van der Waals surface area contributed by atoms with E-state index in [1.807, 2.05) is 0 Å². The maximum absolute atomic E-state index is 2.38. The third-order valence-corrected chi connectivity index (χ3v) is 4.49. The van der Waals surface area contributed by atoms with E-state index >= 15 is 0 Å². The molecule has 0 atom stereocenters. The molecule has 0 N–H and O–H groups in total. The van der Waals surface area contributed by atoms with Crippen molar-refractivity contribution in [3.05, 3.63) is 57.2 Å². The van der Waals surface area contributed by atoms with Crippen molar-refractivity contribution >= 4 is 22.6 Å². The second-order valence-electron chi connectivity index (χ2n) is 7.81. The second kappa shape index (κ2) is 5.75. The van der Waals surface area contributed by atoms with Crippen molar-refractivity contribution in [2.75, 3.05) is 0 Å². The molecule has 0 unspecified atom stereocenters. The van der Waals surface area contributed by atoms with Crippen molar-refractivity contribution < 1.29 is 0 Å². The first-order valence-corrected chi connectivity index (χ1v) is 8.57. The largest absolute Gasteiger partial charge is 0.0606 e. The molecule has 2 aromatic carbocycles. The van der Waals surface area contributed by atoms with Gasteiger partial charge in [0.25, 0.3) is 0 Å². The van der Waals surface area contributed by atoms with Crippen LogP contribution in [0.2, 0.25) is 0 Å². The van der Waals surface area contributed by atoms with Crippen LogP contribution in [0.4, 0.5) is 0 Å². The molecule has 0 aromatic heterocycles. The molecule has 0 spiro atoms. The van der Waals surface area contributed by atoms with E-state index < -0.39 is 0 Å². The minimum atomic E-state index is 0.165. The van der Waals surface area contributed by atoms with E-state index in [0.717, 1.165) is 0 Å². The van der Waals surface area contributed by atoms with Crippen LogP contribution in [0.3, 0.4) is 0 Å². The van der Waals surface area contributed by atoms with E-state index in [0.29, 0.717) is 0 Å². The lowest BCUT2D eigenvalue weighted by molar-refractivity contribution is 0.569. The summed E-state index contributed by atoms with van der Waals surface area (Å²) in [5.41, 5.74) is 5.77. The zero-order valence-electron chi connectivity index (χ0n) is 13.9. The van der Waals surface area contributed by atoms with E-state index in [4.69, 9.17) is 0 Å². The van der Waals surface area contributed by atoms with E-state index in [1.165, 1.54) is 25.8 Å². The van der Waals surface area contributed by atoms with Crippen molar-refractivity contribution in [1.29, 1.82) is 0 Å². The first-order chi connectivity index (χ1) is 9.57. The van der Waals surface area contributed by atoms with Gasteiger partial charge in [0.1, 0.15) is 0 Å². The number of hydrogen-bond donors (Lipinski definition) is 0. The summed E-state index contributed by atoms with van der Waals surface area (Å²) in [4.78, 5) is 0. The van der Waals surface area contributed by atoms with Crippen LogP contribution in [0.5, 0.6) is 0 Å². The molecule has 0 aliphatic heterocycles. The fourth-order valence-electron chi connectivity index (χ4n) is 2.33. The molecule has 1 heteroatoms. The summed E-state index contributed by atoms with van der Waals surface area (Å²) < 4.78 is 1.28. The Morgan fingerprint density at radius 3 is 1.62 bits per heavy atom. The average molecular weight is 392 g/mol. The summed E-state index contributed by atoms with van der Waals surface area (Å²) in [6.07, 6.45) is 0.